The van der Waals surface area contributed by atoms with E-state index in [2.05, 4.69) is 5.32 Å². The Morgan fingerprint density at radius 2 is 1.95 bits per heavy atom. The number of benzene rings is 1. The third-order valence-electron chi connectivity index (χ3n) is 3.95. The lowest BCUT2D eigenvalue weighted by molar-refractivity contribution is -0.137. The average Bonchev–Trinajstić information content (AvgIpc) is 2.46. The molecule has 21 heavy (non-hydrogen) atoms. The van der Waals surface area contributed by atoms with E-state index in [1.165, 1.54) is 6.07 Å². The van der Waals surface area contributed by atoms with E-state index in [1.807, 2.05) is 0 Å². The number of Topliss-reactive ketones (excluding diaryl/α,β-unsaturated/α-hetero) is 1. The number of hydrogen-bond donors (Lipinski definition) is 1. The van der Waals surface area contributed by atoms with Gasteiger partial charge in [-0.3, -0.25) is 4.79 Å². The molecule has 1 aromatic carbocycles. The van der Waals surface area contributed by atoms with Crippen LogP contribution < -0.4 is 5.32 Å². The summed E-state index contributed by atoms with van der Waals surface area (Å²) in [5.74, 6) is 0.588. The summed E-state index contributed by atoms with van der Waals surface area (Å²) in [6.45, 7) is 1.99. The molecule has 0 radical (unpaired) electrons. The van der Waals surface area contributed by atoms with E-state index >= 15 is 0 Å². The van der Waals surface area contributed by atoms with E-state index < -0.39 is 11.7 Å². The highest BCUT2D eigenvalue weighted by Gasteiger charge is 2.30. The Balaban J connectivity index is 1.84. The van der Waals surface area contributed by atoms with Crippen LogP contribution in [0.2, 0.25) is 0 Å². The number of halogens is 3. The van der Waals surface area contributed by atoms with Crippen LogP contribution in [0.1, 0.15) is 36.8 Å². The van der Waals surface area contributed by atoms with Gasteiger partial charge in [0.15, 0.2) is 0 Å². The van der Waals surface area contributed by atoms with Gasteiger partial charge in [-0.05, 0) is 49.9 Å². The molecule has 1 fully saturated rings. The lowest BCUT2D eigenvalue weighted by atomic mass is 9.91. The zero-order valence-corrected chi connectivity index (χ0v) is 11.9. The number of ketones is 1. The van der Waals surface area contributed by atoms with Gasteiger partial charge in [-0.2, -0.15) is 13.2 Å². The van der Waals surface area contributed by atoms with Crippen LogP contribution in [-0.2, 0) is 17.4 Å². The Labute approximate surface area is 122 Å². The number of carbonyl (C=O) groups is 1. The van der Waals surface area contributed by atoms with Gasteiger partial charge in [0.2, 0.25) is 0 Å². The van der Waals surface area contributed by atoms with Crippen LogP contribution in [0.15, 0.2) is 24.3 Å². The van der Waals surface area contributed by atoms with E-state index in [1.54, 1.807) is 6.07 Å². The van der Waals surface area contributed by atoms with Crippen LogP contribution in [-0.4, -0.2) is 18.9 Å². The standard InChI is InChI=1S/C16H20F3NO/c17-16(18,19)14-3-1-2-13(10-14)11-15(21)5-4-12-6-8-20-9-7-12/h1-3,10,12,20H,4-9,11H2. The molecule has 1 saturated heterocycles. The number of alkyl halides is 3. The van der Waals surface area contributed by atoms with E-state index in [4.69, 9.17) is 0 Å². The molecule has 0 aliphatic carbocycles. The molecule has 5 heteroatoms. The van der Waals surface area contributed by atoms with E-state index in [0.29, 0.717) is 17.9 Å². The van der Waals surface area contributed by atoms with Gasteiger partial charge in [0, 0.05) is 12.8 Å². The second kappa shape index (κ2) is 7.07. The zero-order chi connectivity index (χ0) is 15.3. The average molecular weight is 299 g/mol. The van der Waals surface area contributed by atoms with Gasteiger partial charge < -0.3 is 5.32 Å². The number of carbonyl (C=O) groups excluding carboxylic acids is 1. The third-order valence-corrected chi connectivity index (χ3v) is 3.95. The molecular formula is C16H20F3NO. The van der Waals surface area contributed by atoms with Crippen molar-refractivity contribution in [3.8, 4) is 0 Å². The predicted molar refractivity (Wildman–Crippen MR) is 75.0 cm³/mol. The van der Waals surface area contributed by atoms with Crippen molar-refractivity contribution in [3.05, 3.63) is 35.4 Å². The fraction of sp³-hybridized carbons (Fsp3) is 0.562. The SMILES string of the molecule is O=C(CCC1CCNCC1)Cc1cccc(C(F)(F)F)c1. The van der Waals surface area contributed by atoms with Gasteiger partial charge in [0.25, 0.3) is 0 Å². The number of piperidine rings is 1. The second-order valence-electron chi connectivity index (χ2n) is 5.65. The summed E-state index contributed by atoms with van der Waals surface area (Å²) in [5.41, 5.74) is -0.244. The molecule has 0 aromatic heterocycles. The van der Waals surface area contributed by atoms with Crippen LogP contribution in [0.25, 0.3) is 0 Å². The van der Waals surface area contributed by atoms with Gasteiger partial charge in [0.05, 0.1) is 5.56 Å². The molecule has 0 bridgehead atoms. The summed E-state index contributed by atoms with van der Waals surface area (Å²) in [6.07, 6.45) is -0.795. The Morgan fingerprint density at radius 1 is 1.24 bits per heavy atom. The number of rotatable bonds is 5. The lowest BCUT2D eigenvalue weighted by Gasteiger charge is -2.22. The largest absolute Gasteiger partial charge is 0.416 e. The maximum atomic E-state index is 12.6. The van der Waals surface area contributed by atoms with Crippen molar-refractivity contribution < 1.29 is 18.0 Å². The van der Waals surface area contributed by atoms with Crippen molar-refractivity contribution in [2.24, 2.45) is 5.92 Å². The summed E-state index contributed by atoms with van der Waals surface area (Å²) in [5, 5.41) is 3.27. The smallest absolute Gasteiger partial charge is 0.317 e. The molecule has 0 saturated carbocycles. The predicted octanol–water partition coefficient (Wildman–Crippen LogP) is 3.60. The highest BCUT2D eigenvalue weighted by Crippen LogP contribution is 2.29. The molecule has 1 aliphatic heterocycles. The van der Waals surface area contributed by atoms with Crippen LogP contribution in [0.4, 0.5) is 13.2 Å². The highest BCUT2D eigenvalue weighted by molar-refractivity contribution is 5.80. The Hall–Kier alpha value is -1.36. The summed E-state index contributed by atoms with van der Waals surface area (Å²) in [6, 6.07) is 5.04. The summed E-state index contributed by atoms with van der Waals surface area (Å²) >= 11 is 0. The lowest BCUT2D eigenvalue weighted by Crippen LogP contribution is -2.28. The van der Waals surface area contributed by atoms with Crippen molar-refractivity contribution in [2.75, 3.05) is 13.1 Å². The van der Waals surface area contributed by atoms with Crippen LogP contribution in [0.3, 0.4) is 0 Å². The fourth-order valence-corrected chi connectivity index (χ4v) is 2.71. The molecular weight excluding hydrogens is 279 g/mol. The first-order chi connectivity index (χ1) is 9.95. The normalized spacial score (nSPS) is 16.9. The number of hydrogen-bond acceptors (Lipinski definition) is 2. The van der Waals surface area contributed by atoms with Gasteiger partial charge in [-0.15, -0.1) is 0 Å². The van der Waals surface area contributed by atoms with Crippen molar-refractivity contribution in [1.82, 2.24) is 5.32 Å². The van der Waals surface area contributed by atoms with Crippen molar-refractivity contribution in [3.63, 3.8) is 0 Å². The monoisotopic (exact) mass is 299 g/mol. The zero-order valence-electron chi connectivity index (χ0n) is 11.9. The Kier molecular flexibility index (Phi) is 5.39. The molecule has 0 spiro atoms. The molecule has 0 amide bonds. The van der Waals surface area contributed by atoms with E-state index in [0.717, 1.165) is 44.5 Å². The minimum absolute atomic E-state index is 0.0212. The second-order valence-corrected chi connectivity index (χ2v) is 5.65. The fourth-order valence-electron chi connectivity index (χ4n) is 2.71. The van der Waals surface area contributed by atoms with Crippen LogP contribution in [0, 0.1) is 5.92 Å². The number of nitrogens with one attached hydrogen (secondary N) is 1. The maximum absolute atomic E-state index is 12.6. The Morgan fingerprint density at radius 3 is 2.62 bits per heavy atom. The molecule has 116 valence electrons. The quantitative estimate of drug-likeness (QED) is 0.900. The Bertz CT molecular complexity index is 479. The highest BCUT2D eigenvalue weighted by atomic mass is 19.4. The molecule has 1 aliphatic rings. The maximum Gasteiger partial charge on any atom is 0.416 e. The van der Waals surface area contributed by atoms with E-state index in [-0.39, 0.29) is 12.2 Å². The molecule has 1 N–H and O–H groups in total. The van der Waals surface area contributed by atoms with Crippen LogP contribution >= 0.6 is 0 Å². The molecule has 2 nitrogen and oxygen atoms in total. The molecule has 1 heterocycles. The van der Waals surface area contributed by atoms with Crippen molar-refractivity contribution in [1.29, 1.82) is 0 Å². The first-order valence-electron chi connectivity index (χ1n) is 7.33. The first kappa shape index (κ1) is 16.0. The first-order valence-corrected chi connectivity index (χ1v) is 7.33. The summed E-state index contributed by atoms with van der Waals surface area (Å²) < 4.78 is 37.8. The topological polar surface area (TPSA) is 29.1 Å². The third kappa shape index (κ3) is 5.16. The van der Waals surface area contributed by atoms with Gasteiger partial charge in [-0.1, -0.05) is 18.2 Å². The van der Waals surface area contributed by atoms with Crippen molar-refractivity contribution >= 4 is 5.78 Å². The van der Waals surface area contributed by atoms with Crippen molar-refractivity contribution in [2.45, 2.75) is 38.3 Å². The molecule has 0 atom stereocenters. The van der Waals surface area contributed by atoms with Gasteiger partial charge in [0.1, 0.15) is 5.78 Å². The van der Waals surface area contributed by atoms with Crippen LogP contribution in [0.5, 0.6) is 0 Å². The molecule has 1 aromatic rings. The minimum Gasteiger partial charge on any atom is -0.317 e. The summed E-state index contributed by atoms with van der Waals surface area (Å²) in [4.78, 5) is 11.9. The van der Waals surface area contributed by atoms with Gasteiger partial charge in [-0.25, -0.2) is 0 Å². The summed E-state index contributed by atoms with van der Waals surface area (Å²) in [7, 11) is 0. The minimum atomic E-state index is -4.35. The molecule has 2 rings (SSSR count). The van der Waals surface area contributed by atoms with Gasteiger partial charge >= 0.3 is 6.18 Å². The van der Waals surface area contributed by atoms with E-state index in [9.17, 15) is 18.0 Å². The molecule has 0 unspecified atom stereocenters.